The van der Waals surface area contributed by atoms with E-state index in [1.807, 2.05) is 36.4 Å². The number of ether oxygens (including phenoxy) is 2. The molecule has 0 fully saturated rings. The van der Waals surface area contributed by atoms with E-state index in [4.69, 9.17) is 9.47 Å². The highest BCUT2D eigenvalue weighted by Gasteiger charge is 2.40. The number of methoxy groups -OCH3 is 2. The van der Waals surface area contributed by atoms with Gasteiger partial charge in [-0.15, -0.1) is 0 Å². The lowest BCUT2D eigenvalue weighted by Gasteiger charge is -2.19. The number of carbonyl (C=O) groups is 2. The highest BCUT2D eigenvalue weighted by Crippen LogP contribution is 2.35. The van der Waals surface area contributed by atoms with Crippen molar-refractivity contribution in [2.75, 3.05) is 32.7 Å². The minimum Gasteiger partial charge on any atom is -0.496 e. The summed E-state index contributed by atoms with van der Waals surface area (Å²) in [6.45, 7) is 6.88. The van der Waals surface area contributed by atoms with E-state index in [-0.39, 0.29) is 36.1 Å². The summed E-state index contributed by atoms with van der Waals surface area (Å²) in [7, 11) is 3.08. The van der Waals surface area contributed by atoms with Crippen LogP contribution in [0.25, 0.3) is 5.57 Å². The van der Waals surface area contributed by atoms with Gasteiger partial charge in [0, 0.05) is 18.4 Å². The Hall–Kier alpha value is -3.12. The van der Waals surface area contributed by atoms with Crippen molar-refractivity contribution < 1.29 is 19.1 Å². The van der Waals surface area contributed by atoms with Crippen LogP contribution < -0.4 is 10.1 Å². The Morgan fingerprint density at radius 1 is 0.933 bits per heavy atom. The maximum atomic E-state index is 13.2. The van der Waals surface area contributed by atoms with Crippen LogP contribution in [0.4, 0.5) is 5.69 Å². The Balaban J connectivity index is 2.04. The van der Waals surface area contributed by atoms with Gasteiger partial charge in [0.05, 0.1) is 25.8 Å². The van der Waals surface area contributed by atoms with Crippen LogP contribution in [-0.4, -0.2) is 44.1 Å². The Bertz CT molecular complexity index is 971. The van der Waals surface area contributed by atoms with Crippen LogP contribution in [0.1, 0.15) is 31.9 Å². The third kappa shape index (κ3) is 4.24. The largest absolute Gasteiger partial charge is 0.496 e. The third-order valence-electron chi connectivity index (χ3n) is 5.08. The molecule has 1 aliphatic rings. The fourth-order valence-corrected chi connectivity index (χ4v) is 3.38. The van der Waals surface area contributed by atoms with Crippen molar-refractivity contribution in [1.29, 1.82) is 0 Å². The van der Waals surface area contributed by atoms with Crippen molar-refractivity contribution in [3.05, 3.63) is 65.4 Å². The van der Waals surface area contributed by atoms with Gasteiger partial charge in [0.2, 0.25) is 0 Å². The molecule has 0 radical (unpaired) electrons. The van der Waals surface area contributed by atoms with Crippen molar-refractivity contribution in [2.24, 2.45) is 0 Å². The van der Waals surface area contributed by atoms with Crippen LogP contribution in [0.15, 0.2) is 54.2 Å². The molecule has 1 aliphatic heterocycles. The standard InChI is InChI=1S/C24H28N2O4/c1-24(2,3)16-10-12-17(13-11-16)25-21-20(18-8-6-7-9-19(18)30-5)22(27)26(23(21)28)14-15-29-4/h6-13,25H,14-15H2,1-5H3. The van der Waals surface area contributed by atoms with Crippen LogP contribution in [0.5, 0.6) is 5.75 Å². The maximum absolute atomic E-state index is 13.2. The summed E-state index contributed by atoms with van der Waals surface area (Å²) in [5.41, 5.74) is 3.06. The molecule has 30 heavy (non-hydrogen) atoms. The molecule has 2 aromatic rings. The summed E-state index contributed by atoms with van der Waals surface area (Å²) >= 11 is 0. The van der Waals surface area contributed by atoms with E-state index in [0.717, 1.165) is 5.69 Å². The normalized spacial score (nSPS) is 14.5. The van der Waals surface area contributed by atoms with Gasteiger partial charge in [-0.3, -0.25) is 14.5 Å². The number of carbonyl (C=O) groups excluding carboxylic acids is 2. The van der Waals surface area contributed by atoms with Gasteiger partial charge < -0.3 is 14.8 Å². The van der Waals surface area contributed by atoms with E-state index >= 15 is 0 Å². The molecule has 2 aromatic carbocycles. The molecule has 0 atom stereocenters. The van der Waals surface area contributed by atoms with Gasteiger partial charge in [0.15, 0.2) is 0 Å². The predicted octanol–water partition coefficient (Wildman–Crippen LogP) is 3.83. The van der Waals surface area contributed by atoms with Crippen LogP contribution in [-0.2, 0) is 19.7 Å². The molecule has 0 saturated heterocycles. The molecule has 0 spiro atoms. The van der Waals surface area contributed by atoms with Gasteiger partial charge in [-0.2, -0.15) is 0 Å². The minimum atomic E-state index is -0.377. The third-order valence-corrected chi connectivity index (χ3v) is 5.08. The lowest BCUT2D eigenvalue weighted by atomic mass is 9.87. The first-order valence-corrected chi connectivity index (χ1v) is 9.88. The van der Waals surface area contributed by atoms with Crippen molar-refractivity contribution in [3.63, 3.8) is 0 Å². The number of benzene rings is 2. The van der Waals surface area contributed by atoms with Crippen molar-refractivity contribution in [2.45, 2.75) is 26.2 Å². The predicted molar refractivity (Wildman–Crippen MR) is 117 cm³/mol. The smallest absolute Gasteiger partial charge is 0.278 e. The molecule has 158 valence electrons. The first-order chi connectivity index (χ1) is 14.3. The summed E-state index contributed by atoms with van der Waals surface area (Å²) in [6.07, 6.45) is 0. The molecule has 1 N–H and O–H groups in total. The molecule has 6 nitrogen and oxygen atoms in total. The Labute approximate surface area is 177 Å². The van der Waals surface area contributed by atoms with E-state index < -0.39 is 0 Å². The van der Waals surface area contributed by atoms with Gasteiger partial charge >= 0.3 is 0 Å². The average molecular weight is 408 g/mol. The van der Waals surface area contributed by atoms with Gasteiger partial charge in [-0.25, -0.2) is 0 Å². The monoisotopic (exact) mass is 408 g/mol. The molecular weight excluding hydrogens is 380 g/mol. The summed E-state index contributed by atoms with van der Waals surface area (Å²) < 4.78 is 10.5. The summed E-state index contributed by atoms with van der Waals surface area (Å²) in [6, 6.07) is 15.1. The Morgan fingerprint density at radius 3 is 2.20 bits per heavy atom. The van der Waals surface area contributed by atoms with Gasteiger partial charge in [0.1, 0.15) is 11.4 Å². The van der Waals surface area contributed by atoms with Crippen molar-refractivity contribution >= 4 is 23.1 Å². The zero-order valence-electron chi connectivity index (χ0n) is 18.1. The van der Waals surface area contributed by atoms with E-state index in [2.05, 4.69) is 26.1 Å². The highest BCUT2D eigenvalue weighted by molar-refractivity contribution is 6.37. The number of anilines is 1. The molecule has 0 aliphatic carbocycles. The Morgan fingerprint density at radius 2 is 1.60 bits per heavy atom. The molecule has 2 amide bonds. The van der Waals surface area contributed by atoms with E-state index in [9.17, 15) is 9.59 Å². The number of hydrogen-bond acceptors (Lipinski definition) is 5. The molecule has 0 aromatic heterocycles. The van der Waals surface area contributed by atoms with Crippen LogP contribution in [0.3, 0.4) is 0 Å². The zero-order valence-corrected chi connectivity index (χ0v) is 18.1. The summed E-state index contributed by atoms with van der Waals surface area (Å²) in [4.78, 5) is 27.5. The van der Waals surface area contributed by atoms with Gasteiger partial charge in [0.25, 0.3) is 11.8 Å². The number of rotatable bonds is 7. The second-order valence-corrected chi connectivity index (χ2v) is 8.16. The SMILES string of the molecule is COCCN1C(=O)C(Nc2ccc(C(C)(C)C)cc2)=C(c2ccccc2OC)C1=O. The second kappa shape index (κ2) is 8.71. The quantitative estimate of drug-likeness (QED) is 0.705. The minimum absolute atomic E-state index is 0.0243. The average Bonchev–Trinajstić information content (AvgIpc) is 2.95. The van der Waals surface area contributed by atoms with Crippen molar-refractivity contribution in [1.82, 2.24) is 4.90 Å². The van der Waals surface area contributed by atoms with Crippen LogP contribution >= 0.6 is 0 Å². The summed E-state index contributed by atoms with van der Waals surface area (Å²) in [5, 5.41) is 3.18. The van der Waals surface area contributed by atoms with E-state index in [1.54, 1.807) is 19.2 Å². The number of nitrogens with one attached hydrogen (secondary N) is 1. The number of imide groups is 1. The highest BCUT2D eigenvalue weighted by atomic mass is 16.5. The van der Waals surface area contributed by atoms with Crippen LogP contribution in [0, 0.1) is 0 Å². The first kappa shape index (κ1) is 21.6. The number of amides is 2. The number of para-hydroxylation sites is 1. The maximum Gasteiger partial charge on any atom is 0.278 e. The zero-order chi connectivity index (χ0) is 21.9. The van der Waals surface area contributed by atoms with Crippen LogP contribution in [0.2, 0.25) is 0 Å². The molecular formula is C24H28N2O4. The fraction of sp³-hybridized carbons (Fsp3) is 0.333. The van der Waals surface area contributed by atoms with Gasteiger partial charge in [-0.05, 0) is 29.2 Å². The molecule has 0 bridgehead atoms. The molecule has 6 heteroatoms. The lowest BCUT2D eigenvalue weighted by molar-refractivity contribution is -0.137. The summed E-state index contributed by atoms with van der Waals surface area (Å²) in [5.74, 6) is -0.210. The van der Waals surface area contributed by atoms with E-state index in [0.29, 0.717) is 16.9 Å². The second-order valence-electron chi connectivity index (χ2n) is 8.16. The van der Waals surface area contributed by atoms with Crippen molar-refractivity contribution in [3.8, 4) is 5.75 Å². The van der Waals surface area contributed by atoms with E-state index in [1.165, 1.54) is 17.6 Å². The lowest BCUT2D eigenvalue weighted by Crippen LogP contribution is -2.35. The molecule has 0 unspecified atom stereocenters. The first-order valence-electron chi connectivity index (χ1n) is 9.88. The number of nitrogens with zero attached hydrogens (tertiary/aromatic N) is 1. The number of hydrogen-bond donors (Lipinski definition) is 1. The fourth-order valence-electron chi connectivity index (χ4n) is 3.38. The molecule has 0 saturated carbocycles. The Kier molecular flexibility index (Phi) is 6.27. The molecule has 3 rings (SSSR count). The molecule has 1 heterocycles. The van der Waals surface area contributed by atoms with Gasteiger partial charge in [-0.1, -0.05) is 51.1 Å². The topological polar surface area (TPSA) is 67.9 Å².